The molecule has 0 spiro atoms. The van der Waals surface area contributed by atoms with Gasteiger partial charge in [0.15, 0.2) is 6.10 Å². The van der Waals surface area contributed by atoms with Gasteiger partial charge < -0.3 is 24.8 Å². The number of ether oxygens (including phenoxy) is 3. The Bertz CT molecular complexity index is 847. The molecule has 1 aliphatic rings. The average molecular weight is 412 g/mol. The van der Waals surface area contributed by atoms with Crippen molar-refractivity contribution in [3.05, 3.63) is 54.1 Å². The summed E-state index contributed by atoms with van der Waals surface area (Å²) in [6.07, 6.45) is 1.80. The highest BCUT2D eigenvalue weighted by Crippen LogP contribution is 2.21. The Kier molecular flexibility index (Phi) is 7.68. The molecule has 0 aliphatic carbocycles. The summed E-state index contributed by atoms with van der Waals surface area (Å²) in [5.41, 5.74) is 0.854. The molecule has 1 fully saturated rings. The predicted molar refractivity (Wildman–Crippen MR) is 114 cm³/mol. The summed E-state index contributed by atoms with van der Waals surface area (Å²) in [4.78, 5) is 25.4. The van der Waals surface area contributed by atoms with E-state index in [1.165, 1.54) is 0 Å². The molecular weight excluding hydrogens is 384 g/mol. The molecular formula is C23H28N2O5. The van der Waals surface area contributed by atoms with E-state index in [2.05, 4.69) is 10.6 Å². The van der Waals surface area contributed by atoms with Crippen molar-refractivity contribution in [2.24, 2.45) is 0 Å². The van der Waals surface area contributed by atoms with Crippen LogP contribution in [0.2, 0.25) is 0 Å². The summed E-state index contributed by atoms with van der Waals surface area (Å²) in [5.74, 6) is 0.724. The van der Waals surface area contributed by atoms with E-state index in [-0.39, 0.29) is 17.9 Å². The number of methoxy groups -OCH3 is 1. The molecule has 7 heteroatoms. The predicted octanol–water partition coefficient (Wildman–Crippen LogP) is 3.40. The largest absolute Gasteiger partial charge is 0.497 e. The van der Waals surface area contributed by atoms with E-state index < -0.39 is 6.10 Å². The molecule has 7 nitrogen and oxygen atoms in total. The Hall–Kier alpha value is -3.06. The minimum atomic E-state index is -0.693. The lowest BCUT2D eigenvalue weighted by atomic mass is 10.1. The summed E-state index contributed by atoms with van der Waals surface area (Å²) < 4.78 is 16.5. The van der Waals surface area contributed by atoms with Gasteiger partial charge in [-0.2, -0.15) is 0 Å². The third-order valence-electron chi connectivity index (χ3n) is 4.94. The molecule has 1 saturated heterocycles. The summed E-state index contributed by atoms with van der Waals surface area (Å²) in [5, 5.41) is 5.72. The lowest BCUT2D eigenvalue weighted by molar-refractivity contribution is -0.122. The van der Waals surface area contributed by atoms with Gasteiger partial charge in [0.05, 0.1) is 24.5 Å². The van der Waals surface area contributed by atoms with E-state index in [4.69, 9.17) is 14.2 Å². The van der Waals surface area contributed by atoms with Crippen molar-refractivity contribution in [2.45, 2.75) is 38.4 Å². The fourth-order valence-corrected chi connectivity index (χ4v) is 3.25. The highest BCUT2D eigenvalue weighted by molar-refractivity contribution is 6.04. The summed E-state index contributed by atoms with van der Waals surface area (Å²) in [6.45, 7) is 3.06. The Morgan fingerprint density at radius 2 is 1.87 bits per heavy atom. The standard InChI is InChI=1S/C23H28N2O5/c1-3-21(30-17-12-10-16(28-2)11-13-17)23(27)25-20-9-5-4-8-19(20)22(26)24-15-18-7-6-14-29-18/h4-5,8-13,18,21H,3,6-7,14-15H2,1-2H3,(H,24,26)(H,25,27)/t18-,21-/m1/s1. The molecule has 1 heterocycles. The highest BCUT2D eigenvalue weighted by atomic mass is 16.5. The van der Waals surface area contributed by atoms with E-state index in [1.54, 1.807) is 55.6 Å². The van der Waals surface area contributed by atoms with Gasteiger partial charge in [-0.25, -0.2) is 0 Å². The maximum atomic E-state index is 12.8. The minimum absolute atomic E-state index is 0.0538. The zero-order chi connectivity index (χ0) is 21.3. The molecule has 2 atom stereocenters. The number of rotatable bonds is 9. The van der Waals surface area contributed by atoms with E-state index in [9.17, 15) is 9.59 Å². The second-order valence-corrected chi connectivity index (χ2v) is 7.07. The summed E-state index contributed by atoms with van der Waals surface area (Å²) >= 11 is 0. The second kappa shape index (κ2) is 10.6. The number of hydrogen-bond acceptors (Lipinski definition) is 5. The SMILES string of the molecule is CC[C@@H](Oc1ccc(OC)cc1)C(=O)Nc1ccccc1C(=O)NC[C@H]1CCCO1. The van der Waals surface area contributed by atoms with E-state index in [0.717, 1.165) is 19.4 Å². The van der Waals surface area contributed by atoms with Gasteiger partial charge >= 0.3 is 0 Å². The zero-order valence-electron chi connectivity index (χ0n) is 17.4. The molecule has 0 aromatic heterocycles. The van der Waals surface area contributed by atoms with Crippen molar-refractivity contribution in [1.82, 2.24) is 5.32 Å². The van der Waals surface area contributed by atoms with Crippen LogP contribution in [0.5, 0.6) is 11.5 Å². The molecule has 160 valence electrons. The topological polar surface area (TPSA) is 85.9 Å². The van der Waals surface area contributed by atoms with E-state index >= 15 is 0 Å². The molecule has 2 amide bonds. The first kappa shape index (κ1) is 21.6. The molecule has 2 aromatic carbocycles. The number of nitrogens with one attached hydrogen (secondary N) is 2. The Morgan fingerprint density at radius 1 is 1.13 bits per heavy atom. The molecule has 2 N–H and O–H groups in total. The number of hydrogen-bond donors (Lipinski definition) is 2. The van der Waals surface area contributed by atoms with Crippen molar-refractivity contribution < 1.29 is 23.8 Å². The third-order valence-corrected chi connectivity index (χ3v) is 4.94. The van der Waals surface area contributed by atoms with Crippen LogP contribution in [-0.2, 0) is 9.53 Å². The van der Waals surface area contributed by atoms with Crippen LogP contribution in [-0.4, -0.2) is 44.3 Å². The summed E-state index contributed by atoms with van der Waals surface area (Å²) in [7, 11) is 1.59. The normalized spacial score (nSPS) is 16.5. The van der Waals surface area contributed by atoms with Gasteiger partial charge in [0.25, 0.3) is 11.8 Å². The maximum Gasteiger partial charge on any atom is 0.265 e. The number of amides is 2. The van der Waals surface area contributed by atoms with Crippen LogP contribution in [0, 0.1) is 0 Å². The molecule has 0 saturated carbocycles. The van der Waals surface area contributed by atoms with Gasteiger partial charge in [0, 0.05) is 13.2 Å². The molecule has 3 rings (SSSR count). The van der Waals surface area contributed by atoms with E-state index in [0.29, 0.717) is 35.7 Å². The molecule has 0 bridgehead atoms. The highest BCUT2D eigenvalue weighted by Gasteiger charge is 2.22. The van der Waals surface area contributed by atoms with Crippen LogP contribution < -0.4 is 20.1 Å². The first-order valence-electron chi connectivity index (χ1n) is 10.2. The van der Waals surface area contributed by atoms with Crippen LogP contribution in [0.25, 0.3) is 0 Å². The average Bonchev–Trinajstić information content (AvgIpc) is 3.30. The van der Waals surface area contributed by atoms with Crippen LogP contribution in [0.4, 0.5) is 5.69 Å². The van der Waals surface area contributed by atoms with Gasteiger partial charge in [0.2, 0.25) is 0 Å². The lowest BCUT2D eigenvalue weighted by Crippen LogP contribution is -2.35. The van der Waals surface area contributed by atoms with Crippen LogP contribution in [0.1, 0.15) is 36.5 Å². The quantitative estimate of drug-likeness (QED) is 0.659. The van der Waals surface area contributed by atoms with Gasteiger partial charge in [-0.3, -0.25) is 9.59 Å². The molecule has 0 unspecified atom stereocenters. The first-order chi connectivity index (χ1) is 14.6. The Morgan fingerprint density at radius 3 is 2.53 bits per heavy atom. The zero-order valence-corrected chi connectivity index (χ0v) is 17.4. The first-order valence-corrected chi connectivity index (χ1v) is 10.2. The van der Waals surface area contributed by atoms with Crippen molar-refractivity contribution in [3.8, 4) is 11.5 Å². The van der Waals surface area contributed by atoms with Gasteiger partial charge in [-0.05, 0) is 55.7 Å². The van der Waals surface area contributed by atoms with Crippen LogP contribution >= 0.6 is 0 Å². The number of benzene rings is 2. The van der Waals surface area contributed by atoms with Crippen molar-refractivity contribution in [2.75, 3.05) is 25.6 Å². The number of anilines is 1. The smallest absolute Gasteiger partial charge is 0.265 e. The molecule has 1 aliphatic heterocycles. The monoisotopic (exact) mass is 412 g/mol. The van der Waals surface area contributed by atoms with Gasteiger partial charge in [0.1, 0.15) is 11.5 Å². The third kappa shape index (κ3) is 5.73. The minimum Gasteiger partial charge on any atom is -0.497 e. The molecule has 2 aromatic rings. The van der Waals surface area contributed by atoms with Crippen molar-refractivity contribution in [1.29, 1.82) is 0 Å². The number of para-hydroxylation sites is 1. The Labute approximate surface area is 176 Å². The summed E-state index contributed by atoms with van der Waals surface area (Å²) in [6, 6.07) is 14.0. The van der Waals surface area contributed by atoms with Crippen molar-refractivity contribution in [3.63, 3.8) is 0 Å². The Balaban J connectivity index is 1.63. The van der Waals surface area contributed by atoms with Gasteiger partial charge in [-0.15, -0.1) is 0 Å². The number of carbonyl (C=O) groups excluding carboxylic acids is 2. The maximum absolute atomic E-state index is 12.8. The van der Waals surface area contributed by atoms with E-state index in [1.807, 2.05) is 6.92 Å². The molecule has 0 radical (unpaired) electrons. The second-order valence-electron chi connectivity index (χ2n) is 7.07. The fourth-order valence-electron chi connectivity index (χ4n) is 3.25. The van der Waals surface area contributed by atoms with Crippen LogP contribution in [0.3, 0.4) is 0 Å². The molecule has 30 heavy (non-hydrogen) atoms. The fraction of sp³-hybridized carbons (Fsp3) is 0.391. The van der Waals surface area contributed by atoms with Crippen molar-refractivity contribution >= 4 is 17.5 Å². The number of carbonyl (C=O) groups is 2. The van der Waals surface area contributed by atoms with Gasteiger partial charge in [-0.1, -0.05) is 19.1 Å². The lowest BCUT2D eigenvalue weighted by Gasteiger charge is -2.19. The van der Waals surface area contributed by atoms with Crippen LogP contribution in [0.15, 0.2) is 48.5 Å².